The average Bonchev–Trinajstić information content (AvgIpc) is 3.06. The second-order valence-corrected chi connectivity index (χ2v) is 5.94. The van der Waals surface area contributed by atoms with Gasteiger partial charge in [-0.25, -0.2) is 9.78 Å². The molecule has 0 unspecified atom stereocenters. The highest BCUT2D eigenvalue weighted by atomic mass is 16.5. The van der Waals surface area contributed by atoms with E-state index in [0.29, 0.717) is 31.6 Å². The molecule has 0 saturated heterocycles. The number of rotatable bonds is 13. The molecular weight excluding hydrogens is 306 g/mol. The van der Waals surface area contributed by atoms with Crippen molar-refractivity contribution in [3.05, 3.63) is 30.9 Å². The lowest BCUT2D eigenvalue weighted by Gasteiger charge is -2.06. The van der Waals surface area contributed by atoms with Gasteiger partial charge in [-0.2, -0.15) is 0 Å². The first kappa shape index (κ1) is 19.9. The van der Waals surface area contributed by atoms with Crippen LogP contribution in [0, 0.1) is 0 Å². The molecule has 1 heterocycles. The zero-order chi connectivity index (χ0) is 17.6. The summed E-state index contributed by atoms with van der Waals surface area (Å²) in [5.41, 5.74) is 0.393. The lowest BCUT2D eigenvalue weighted by molar-refractivity contribution is -0.138. The maximum atomic E-state index is 11.6. The first-order valence-corrected chi connectivity index (χ1v) is 8.64. The molecule has 1 amide bonds. The van der Waals surface area contributed by atoms with E-state index in [4.69, 9.17) is 4.74 Å². The molecule has 0 aliphatic heterocycles. The highest BCUT2D eigenvalue weighted by Crippen LogP contribution is 2.06. The zero-order valence-corrected chi connectivity index (χ0v) is 14.6. The summed E-state index contributed by atoms with van der Waals surface area (Å²) in [6, 6.07) is 0. The van der Waals surface area contributed by atoms with Crippen LogP contribution in [0.15, 0.2) is 30.9 Å². The summed E-state index contributed by atoms with van der Waals surface area (Å²) in [4.78, 5) is 26.8. The second kappa shape index (κ2) is 12.3. The van der Waals surface area contributed by atoms with Gasteiger partial charge in [0, 0.05) is 37.5 Å². The monoisotopic (exact) mass is 335 g/mol. The number of esters is 1. The van der Waals surface area contributed by atoms with E-state index >= 15 is 0 Å². The molecule has 1 rings (SSSR count). The Balaban J connectivity index is 1.86. The zero-order valence-electron chi connectivity index (χ0n) is 14.6. The van der Waals surface area contributed by atoms with Crippen molar-refractivity contribution in [3.63, 3.8) is 0 Å². The van der Waals surface area contributed by atoms with E-state index in [9.17, 15) is 9.59 Å². The standard InChI is InChI=1S/C18H29N3O3/c1-16(2)18(23)24-14-8-10-20-17(22)9-6-4-3-5-7-12-21-13-11-19-15-21/h11,13,15H,1,3-10,12,14H2,2H3,(H,20,22). The lowest BCUT2D eigenvalue weighted by Crippen LogP contribution is -2.25. The van der Waals surface area contributed by atoms with Gasteiger partial charge in [0.15, 0.2) is 0 Å². The Morgan fingerprint density at radius 1 is 1.17 bits per heavy atom. The molecule has 0 aliphatic carbocycles. The van der Waals surface area contributed by atoms with Gasteiger partial charge in [0.2, 0.25) is 5.91 Å². The van der Waals surface area contributed by atoms with E-state index in [1.807, 2.05) is 12.5 Å². The van der Waals surface area contributed by atoms with Crippen molar-refractivity contribution in [1.82, 2.24) is 14.9 Å². The summed E-state index contributed by atoms with van der Waals surface area (Å²) in [5.74, 6) is -0.311. The SMILES string of the molecule is C=C(C)C(=O)OCCCNC(=O)CCCCCCCn1ccnc1. The van der Waals surface area contributed by atoms with Crippen LogP contribution in [0.25, 0.3) is 0 Å². The molecule has 6 nitrogen and oxygen atoms in total. The van der Waals surface area contributed by atoms with E-state index in [0.717, 1.165) is 32.2 Å². The van der Waals surface area contributed by atoms with Gasteiger partial charge in [0.1, 0.15) is 0 Å². The number of ether oxygens (including phenoxy) is 1. The second-order valence-electron chi connectivity index (χ2n) is 5.94. The Kier molecular flexibility index (Phi) is 10.2. The van der Waals surface area contributed by atoms with E-state index in [2.05, 4.69) is 21.4 Å². The molecule has 0 spiro atoms. The number of unbranched alkanes of at least 4 members (excludes halogenated alkanes) is 4. The molecule has 0 aliphatic rings. The quantitative estimate of drug-likeness (QED) is 0.342. The topological polar surface area (TPSA) is 73.2 Å². The Bertz CT molecular complexity index is 498. The number of imidazole rings is 1. The minimum absolute atomic E-state index is 0.0691. The number of carbonyl (C=O) groups excluding carboxylic acids is 2. The summed E-state index contributed by atoms with van der Waals surface area (Å²) in [5, 5.41) is 2.84. The number of aromatic nitrogens is 2. The van der Waals surface area contributed by atoms with Crippen LogP contribution in [0.4, 0.5) is 0 Å². The molecule has 0 bridgehead atoms. The molecule has 6 heteroatoms. The summed E-state index contributed by atoms with van der Waals surface area (Å²) in [7, 11) is 0. The number of nitrogens with one attached hydrogen (secondary N) is 1. The van der Waals surface area contributed by atoms with E-state index in [-0.39, 0.29) is 11.9 Å². The van der Waals surface area contributed by atoms with Crippen molar-refractivity contribution in [2.45, 2.75) is 58.4 Å². The summed E-state index contributed by atoms with van der Waals surface area (Å²) < 4.78 is 7.04. The molecule has 0 radical (unpaired) electrons. The van der Waals surface area contributed by atoms with Crippen molar-refractivity contribution < 1.29 is 14.3 Å². The minimum Gasteiger partial charge on any atom is -0.462 e. The third-order valence-electron chi connectivity index (χ3n) is 3.60. The van der Waals surface area contributed by atoms with Gasteiger partial charge < -0.3 is 14.6 Å². The van der Waals surface area contributed by atoms with Crippen LogP contribution in [0.3, 0.4) is 0 Å². The van der Waals surface area contributed by atoms with Crippen LogP contribution < -0.4 is 5.32 Å². The summed E-state index contributed by atoms with van der Waals surface area (Å²) in [6.07, 6.45) is 12.3. The first-order valence-electron chi connectivity index (χ1n) is 8.64. The molecule has 0 fully saturated rings. The fraction of sp³-hybridized carbons (Fsp3) is 0.611. The van der Waals surface area contributed by atoms with Gasteiger partial charge in [-0.3, -0.25) is 4.79 Å². The number of carbonyl (C=O) groups is 2. The third-order valence-corrected chi connectivity index (χ3v) is 3.60. The molecule has 0 aromatic carbocycles. The molecule has 1 aromatic rings. The highest BCUT2D eigenvalue weighted by Gasteiger charge is 2.03. The molecule has 24 heavy (non-hydrogen) atoms. The van der Waals surface area contributed by atoms with Gasteiger partial charge in [-0.15, -0.1) is 0 Å². The largest absolute Gasteiger partial charge is 0.462 e. The van der Waals surface area contributed by atoms with Crippen LogP contribution in [0.1, 0.15) is 51.9 Å². The van der Waals surface area contributed by atoms with Crippen LogP contribution in [0.5, 0.6) is 0 Å². The van der Waals surface area contributed by atoms with Gasteiger partial charge in [0.05, 0.1) is 12.9 Å². The van der Waals surface area contributed by atoms with Crippen LogP contribution in [-0.2, 0) is 20.9 Å². The smallest absolute Gasteiger partial charge is 0.333 e. The summed E-state index contributed by atoms with van der Waals surface area (Å²) in [6.45, 7) is 6.97. The van der Waals surface area contributed by atoms with Crippen molar-refractivity contribution >= 4 is 11.9 Å². The normalized spacial score (nSPS) is 10.4. The van der Waals surface area contributed by atoms with Crippen LogP contribution in [-0.4, -0.2) is 34.6 Å². The number of hydrogen-bond donors (Lipinski definition) is 1. The predicted octanol–water partition coefficient (Wildman–Crippen LogP) is 2.85. The lowest BCUT2D eigenvalue weighted by atomic mass is 10.1. The maximum Gasteiger partial charge on any atom is 0.333 e. The van der Waals surface area contributed by atoms with Crippen LogP contribution >= 0.6 is 0 Å². The van der Waals surface area contributed by atoms with Gasteiger partial charge in [-0.05, 0) is 26.2 Å². The molecule has 1 aromatic heterocycles. The Morgan fingerprint density at radius 3 is 2.62 bits per heavy atom. The minimum atomic E-state index is -0.380. The van der Waals surface area contributed by atoms with Crippen molar-refractivity contribution in [2.75, 3.05) is 13.2 Å². The van der Waals surface area contributed by atoms with Gasteiger partial charge in [-0.1, -0.05) is 25.8 Å². The van der Waals surface area contributed by atoms with E-state index in [1.54, 1.807) is 13.1 Å². The molecule has 0 atom stereocenters. The fourth-order valence-corrected chi connectivity index (χ4v) is 2.21. The van der Waals surface area contributed by atoms with Crippen molar-refractivity contribution in [3.8, 4) is 0 Å². The summed E-state index contributed by atoms with van der Waals surface area (Å²) >= 11 is 0. The third kappa shape index (κ3) is 9.82. The molecule has 134 valence electrons. The Morgan fingerprint density at radius 2 is 1.92 bits per heavy atom. The Labute approximate surface area is 144 Å². The van der Waals surface area contributed by atoms with Crippen molar-refractivity contribution in [1.29, 1.82) is 0 Å². The average molecular weight is 335 g/mol. The predicted molar refractivity (Wildman–Crippen MR) is 93.3 cm³/mol. The highest BCUT2D eigenvalue weighted by molar-refractivity contribution is 5.86. The van der Waals surface area contributed by atoms with Crippen molar-refractivity contribution in [2.24, 2.45) is 0 Å². The Hall–Kier alpha value is -2.11. The van der Waals surface area contributed by atoms with E-state index in [1.165, 1.54) is 6.42 Å². The van der Waals surface area contributed by atoms with Crippen LogP contribution in [0.2, 0.25) is 0 Å². The van der Waals surface area contributed by atoms with E-state index < -0.39 is 0 Å². The first-order chi connectivity index (χ1) is 11.6. The number of nitrogens with zero attached hydrogens (tertiary/aromatic N) is 2. The number of aryl methyl sites for hydroxylation is 1. The molecule has 0 saturated carbocycles. The number of amides is 1. The number of hydrogen-bond acceptors (Lipinski definition) is 4. The molecule has 1 N–H and O–H groups in total. The maximum absolute atomic E-state index is 11.6. The van der Waals surface area contributed by atoms with Gasteiger partial charge >= 0.3 is 5.97 Å². The molecular formula is C18H29N3O3. The van der Waals surface area contributed by atoms with Gasteiger partial charge in [0.25, 0.3) is 0 Å². The fourth-order valence-electron chi connectivity index (χ4n) is 2.21.